The molecule has 0 spiro atoms. The molecule has 1 amide bonds. The number of hydrogen-bond acceptors (Lipinski definition) is 3. The third-order valence-corrected chi connectivity index (χ3v) is 4.69. The molecular formula is C13H19ClN2OS. The zero-order chi connectivity index (χ0) is 13.0. The van der Waals surface area contributed by atoms with E-state index in [1.54, 1.807) is 0 Å². The molecule has 2 N–H and O–H groups in total. The molecule has 1 aromatic rings. The van der Waals surface area contributed by atoms with Gasteiger partial charge in [-0.15, -0.1) is 11.3 Å². The first-order chi connectivity index (χ1) is 8.65. The van der Waals surface area contributed by atoms with E-state index in [0.29, 0.717) is 12.3 Å². The van der Waals surface area contributed by atoms with Gasteiger partial charge in [0.05, 0.1) is 10.4 Å². The van der Waals surface area contributed by atoms with Crippen LogP contribution in [0.3, 0.4) is 0 Å². The number of hydrogen-bond donors (Lipinski definition) is 2. The number of piperidine rings is 1. The minimum absolute atomic E-state index is 0.0477. The van der Waals surface area contributed by atoms with Crippen LogP contribution >= 0.6 is 22.9 Å². The summed E-state index contributed by atoms with van der Waals surface area (Å²) in [4.78, 5) is 13.0. The second-order valence-corrected chi connectivity index (χ2v) is 6.59. The standard InChI is InChI=1S/C13H19ClN2OS/c1-9(11-4-5-12(14)18-11)16-13(17)7-10-3-2-6-15-8-10/h4-5,9-10,15H,2-3,6-8H2,1H3,(H,16,17). The summed E-state index contributed by atoms with van der Waals surface area (Å²) in [5.74, 6) is 0.624. The molecule has 2 rings (SSSR count). The first-order valence-electron chi connectivity index (χ1n) is 6.40. The molecule has 0 saturated carbocycles. The minimum Gasteiger partial charge on any atom is -0.349 e. The van der Waals surface area contributed by atoms with Crippen molar-refractivity contribution in [3.05, 3.63) is 21.3 Å². The number of carbonyl (C=O) groups excluding carboxylic acids is 1. The van der Waals surface area contributed by atoms with Gasteiger partial charge in [0.15, 0.2) is 0 Å². The zero-order valence-corrected chi connectivity index (χ0v) is 12.1. The fourth-order valence-electron chi connectivity index (χ4n) is 2.29. The summed E-state index contributed by atoms with van der Waals surface area (Å²) in [6, 6.07) is 3.89. The molecule has 100 valence electrons. The van der Waals surface area contributed by atoms with E-state index in [9.17, 15) is 4.79 Å². The van der Waals surface area contributed by atoms with E-state index < -0.39 is 0 Å². The van der Waals surface area contributed by atoms with Crippen molar-refractivity contribution >= 4 is 28.8 Å². The van der Waals surface area contributed by atoms with Crippen LogP contribution in [0.25, 0.3) is 0 Å². The SMILES string of the molecule is CC(NC(=O)CC1CCCNC1)c1ccc(Cl)s1. The molecule has 3 nitrogen and oxygen atoms in total. The van der Waals surface area contributed by atoms with Crippen molar-refractivity contribution in [2.45, 2.75) is 32.2 Å². The first kappa shape index (κ1) is 13.8. The van der Waals surface area contributed by atoms with Crippen molar-refractivity contribution in [1.82, 2.24) is 10.6 Å². The predicted octanol–water partition coefficient (Wildman–Crippen LogP) is 2.97. The summed E-state index contributed by atoms with van der Waals surface area (Å²) in [7, 11) is 0. The molecule has 5 heteroatoms. The van der Waals surface area contributed by atoms with E-state index in [1.165, 1.54) is 17.8 Å². The molecule has 0 aromatic carbocycles. The molecular weight excluding hydrogens is 268 g/mol. The van der Waals surface area contributed by atoms with Gasteiger partial charge in [-0.25, -0.2) is 0 Å². The van der Waals surface area contributed by atoms with Crippen LogP contribution in [0.5, 0.6) is 0 Å². The van der Waals surface area contributed by atoms with E-state index in [1.807, 2.05) is 19.1 Å². The monoisotopic (exact) mass is 286 g/mol. The van der Waals surface area contributed by atoms with Gasteiger partial charge in [-0.05, 0) is 50.9 Å². The Morgan fingerprint density at radius 3 is 3.11 bits per heavy atom. The molecule has 1 saturated heterocycles. The fourth-order valence-corrected chi connectivity index (χ4v) is 3.36. The van der Waals surface area contributed by atoms with Crippen molar-refractivity contribution in [2.75, 3.05) is 13.1 Å². The molecule has 2 unspecified atom stereocenters. The van der Waals surface area contributed by atoms with Crippen molar-refractivity contribution in [1.29, 1.82) is 0 Å². The second-order valence-electron chi connectivity index (χ2n) is 4.85. The molecule has 1 aliphatic rings. The quantitative estimate of drug-likeness (QED) is 0.893. The van der Waals surface area contributed by atoms with E-state index in [0.717, 1.165) is 28.7 Å². The largest absolute Gasteiger partial charge is 0.349 e. The van der Waals surface area contributed by atoms with E-state index >= 15 is 0 Å². The lowest BCUT2D eigenvalue weighted by atomic mass is 9.96. The number of rotatable bonds is 4. The molecule has 2 heterocycles. The number of halogens is 1. The first-order valence-corrected chi connectivity index (χ1v) is 7.60. The summed E-state index contributed by atoms with van der Waals surface area (Å²) in [6.07, 6.45) is 2.95. The maximum absolute atomic E-state index is 11.9. The van der Waals surface area contributed by atoms with Gasteiger partial charge in [-0.3, -0.25) is 4.79 Å². The summed E-state index contributed by atoms with van der Waals surface area (Å²) in [5, 5.41) is 6.37. The minimum atomic E-state index is 0.0477. The maximum Gasteiger partial charge on any atom is 0.220 e. The van der Waals surface area contributed by atoms with Crippen molar-refractivity contribution in [3.63, 3.8) is 0 Å². The maximum atomic E-state index is 11.9. The van der Waals surface area contributed by atoms with Crippen LogP contribution in [-0.4, -0.2) is 19.0 Å². The van der Waals surface area contributed by atoms with Crippen LogP contribution in [0.4, 0.5) is 0 Å². The van der Waals surface area contributed by atoms with Crippen LogP contribution in [0.15, 0.2) is 12.1 Å². The average Bonchev–Trinajstić information content (AvgIpc) is 2.77. The summed E-state index contributed by atoms with van der Waals surface area (Å²) in [5.41, 5.74) is 0. The predicted molar refractivity (Wildman–Crippen MR) is 76.1 cm³/mol. The highest BCUT2D eigenvalue weighted by atomic mass is 35.5. The van der Waals surface area contributed by atoms with E-state index in [2.05, 4.69) is 10.6 Å². The highest BCUT2D eigenvalue weighted by Gasteiger charge is 2.18. The van der Waals surface area contributed by atoms with Crippen molar-refractivity contribution in [2.24, 2.45) is 5.92 Å². The lowest BCUT2D eigenvalue weighted by Crippen LogP contribution is -2.34. The lowest BCUT2D eigenvalue weighted by Gasteiger charge is -2.23. The van der Waals surface area contributed by atoms with Crippen LogP contribution in [0.2, 0.25) is 4.34 Å². The Bertz CT molecular complexity index is 401. The van der Waals surface area contributed by atoms with Gasteiger partial charge in [-0.1, -0.05) is 11.6 Å². The molecule has 1 aliphatic heterocycles. The third-order valence-electron chi connectivity index (χ3n) is 3.27. The van der Waals surface area contributed by atoms with E-state index in [-0.39, 0.29) is 11.9 Å². The van der Waals surface area contributed by atoms with Crippen molar-refractivity contribution in [3.8, 4) is 0 Å². The highest BCUT2D eigenvalue weighted by Crippen LogP contribution is 2.26. The van der Waals surface area contributed by atoms with Crippen LogP contribution in [0.1, 0.15) is 37.1 Å². The summed E-state index contributed by atoms with van der Waals surface area (Å²) < 4.78 is 0.766. The van der Waals surface area contributed by atoms with Crippen LogP contribution < -0.4 is 10.6 Å². The zero-order valence-electron chi connectivity index (χ0n) is 10.5. The molecule has 2 atom stereocenters. The van der Waals surface area contributed by atoms with Gasteiger partial charge in [0.25, 0.3) is 0 Å². The number of nitrogens with one attached hydrogen (secondary N) is 2. The highest BCUT2D eigenvalue weighted by molar-refractivity contribution is 7.16. The smallest absolute Gasteiger partial charge is 0.220 e. The number of thiophene rings is 1. The number of amides is 1. The Labute approximate surface area is 117 Å². The topological polar surface area (TPSA) is 41.1 Å². The summed E-state index contributed by atoms with van der Waals surface area (Å²) in [6.45, 7) is 4.05. The normalized spacial score (nSPS) is 21.6. The molecule has 0 radical (unpaired) electrons. The lowest BCUT2D eigenvalue weighted by molar-refractivity contribution is -0.122. The molecule has 1 aromatic heterocycles. The van der Waals surface area contributed by atoms with Gasteiger partial charge < -0.3 is 10.6 Å². The van der Waals surface area contributed by atoms with Gasteiger partial charge in [0.2, 0.25) is 5.91 Å². The van der Waals surface area contributed by atoms with Gasteiger partial charge in [0.1, 0.15) is 0 Å². The number of carbonyl (C=O) groups is 1. The van der Waals surface area contributed by atoms with Gasteiger partial charge in [-0.2, -0.15) is 0 Å². The Morgan fingerprint density at radius 2 is 2.50 bits per heavy atom. The fraction of sp³-hybridized carbons (Fsp3) is 0.615. The van der Waals surface area contributed by atoms with Gasteiger partial charge >= 0.3 is 0 Å². The molecule has 18 heavy (non-hydrogen) atoms. The Hall–Kier alpha value is -0.580. The van der Waals surface area contributed by atoms with Crippen molar-refractivity contribution < 1.29 is 4.79 Å². The average molecular weight is 287 g/mol. The molecule has 0 aliphatic carbocycles. The Morgan fingerprint density at radius 1 is 1.67 bits per heavy atom. The Balaban J connectivity index is 1.79. The summed E-state index contributed by atoms with van der Waals surface area (Å²) >= 11 is 7.42. The van der Waals surface area contributed by atoms with Crippen LogP contribution in [-0.2, 0) is 4.79 Å². The third kappa shape index (κ3) is 3.97. The second kappa shape index (κ2) is 6.55. The van der Waals surface area contributed by atoms with Gasteiger partial charge in [0, 0.05) is 11.3 Å². The molecule has 0 bridgehead atoms. The Kier molecular flexibility index (Phi) is 5.03. The van der Waals surface area contributed by atoms with E-state index in [4.69, 9.17) is 11.6 Å². The van der Waals surface area contributed by atoms with Crippen LogP contribution in [0, 0.1) is 5.92 Å². The molecule has 1 fully saturated rings.